The molecule has 19 heavy (non-hydrogen) atoms. The van der Waals surface area contributed by atoms with E-state index >= 15 is 0 Å². The zero-order chi connectivity index (χ0) is 14.0. The van der Waals surface area contributed by atoms with Crippen LogP contribution in [0.3, 0.4) is 0 Å². The van der Waals surface area contributed by atoms with Gasteiger partial charge in [0, 0.05) is 6.92 Å². The van der Waals surface area contributed by atoms with E-state index in [0.29, 0.717) is 0 Å². The molecule has 0 unspecified atom stereocenters. The van der Waals surface area contributed by atoms with Gasteiger partial charge in [-0.1, -0.05) is 16.7 Å². The highest BCUT2D eigenvalue weighted by molar-refractivity contribution is 7.92. The minimum atomic E-state index is -3.94. The van der Waals surface area contributed by atoms with Gasteiger partial charge in [0.15, 0.2) is 0 Å². The maximum Gasteiger partial charge on any atom is 0.329 e. The van der Waals surface area contributed by atoms with E-state index < -0.39 is 10.0 Å². The number of aryl methyl sites for hydroxylation is 1. The molecule has 0 aliphatic heterocycles. The third-order valence-corrected chi connectivity index (χ3v) is 3.90. The molecule has 7 nitrogen and oxygen atoms in total. The molecule has 0 amide bonds. The second-order valence-electron chi connectivity index (χ2n) is 3.49. The number of nitrogens with one attached hydrogen (secondary N) is 1. The Morgan fingerprint density at radius 2 is 2.16 bits per heavy atom. The number of rotatable bonds is 3. The molecule has 2 rings (SSSR count). The van der Waals surface area contributed by atoms with Crippen molar-refractivity contribution >= 4 is 27.6 Å². The minimum Gasteiger partial charge on any atom is -0.408 e. The van der Waals surface area contributed by atoms with Crippen LogP contribution in [0.5, 0.6) is 0 Å². The van der Waals surface area contributed by atoms with Crippen molar-refractivity contribution in [3.05, 3.63) is 34.7 Å². The molecule has 1 heterocycles. The van der Waals surface area contributed by atoms with Gasteiger partial charge in [-0.15, -0.1) is 5.10 Å². The lowest BCUT2D eigenvalue weighted by atomic mass is 10.2. The van der Waals surface area contributed by atoms with Gasteiger partial charge >= 0.3 is 6.01 Å². The van der Waals surface area contributed by atoms with Gasteiger partial charge in [-0.3, -0.25) is 0 Å². The van der Waals surface area contributed by atoms with Crippen LogP contribution in [0, 0.1) is 18.3 Å². The summed E-state index contributed by atoms with van der Waals surface area (Å²) in [5, 5.41) is 15.6. The van der Waals surface area contributed by atoms with Crippen molar-refractivity contribution < 1.29 is 12.8 Å². The van der Waals surface area contributed by atoms with Gasteiger partial charge < -0.3 is 4.42 Å². The second kappa shape index (κ2) is 4.87. The largest absolute Gasteiger partial charge is 0.408 e. The van der Waals surface area contributed by atoms with E-state index in [1.165, 1.54) is 25.1 Å². The fraction of sp³-hybridized carbons (Fsp3) is 0.100. The van der Waals surface area contributed by atoms with E-state index in [-0.39, 0.29) is 27.4 Å². The minimum absolute atomic E-state index is 0.0669. The van der Waals surface area contributed by atoms with Gasteiger partial charge in [0.2, 0.25) is 5.89 Å². The lowest BCUT2D eigenvalue weighted by molar-refractivity contribution is 0.534. The van der Waals surface area contributed by atoms with Crippen LogP contribution in [0.25, 0.3) is 0 Å². The molecule has 2 aromatic rings. The number of benzene rings is 1. The molecule has 1 N–H and O–H groups in total. The highest BCUT2D eigenvalue weighted by Crippen LogP contribution is 2.24. The molecule has 1 aromatic heterocycles. The fourth-order valence-corrected chi connectivity index (χ4v) is 2.77. The molecule has 0 fully saturated rings. The average molecular weight is 299 g/mol. The van der Waals surface area contributed by atoms with Crippen LogP contribution >= 0.6 is 11.6 Å². The molecule has 98 valence electrons. The fourth-order valence-electron chi connectivity index (χ4n) is 1.30. The van der Waals surface area contributed by atoms with Crippen LogP contribution in [0.15, 0.2) is 27.5 Å². The van der Waals surface area contributed by atoms with E-state index in [1.54, 1.807) is 0 Å². The Balaban J connectivity index is 2.37. The molecule has 0 atom stereocenters. The van der Waals surface area contributed by atoms with Crippen molar-refractivity contribution in [1.82, 2.24) is 10.2 Å². The van der Waals surface area contributed by atoms with Crippen LogP contribution in [0.1, 0.15) is 11.5 Å². The molecule has 0 saturated carbocycles. The SMILES string of the molecule is Cc1nnc(NS(=O)(=O)c2ccc(C#N)cc2Cl)o1. The monoisotopic (exact) mass is 298 g/mol. The van der Waals surface area contributed by atoms with E-state index in [9.17, 15) is 8.42 Å². The third-order valence-electron chi connectivity index (χ3n) is 2.10. The highest BCUT2D eigenvalue weighted by atomic mass is 35.5. The molecule has 0 radical (unpaired) electrons. The number of nitriles is 1. The first kappa shape index (κ1) is 13.3. The van der Waals surface area contributed by atoms with Gasteiger partial charge in [-0.05, 0) is 18.2 Å². The molecular weight excluding hydrogens is 292 g/mol. The second-order valence-corrected chi connectivity index (χ2v) is 5.55. The topological polar surface area (TPSA) is 109 Å². The van der Waals surface area contributed by atoms with Crippen molar-refractivity contribution in [3.63, 3.8) is 0 Å². The van der Waals surface area contributed by atoms with Gasteiger partial charge in [0.25, 0.3) is 10.0 Å². The van der Waals surface area contributed by atoms with Crippen molar-refractivity contribution in [2.24, 2.45) is 0 Å². The summed E-state index contributed by atoms with van der Waals surface area (Å²) in [7, 11) is -3.94. The normalized spacial score (nSPS) is 11.0. The molecular formula is C10H7ClN4O3S. The predicted molar refractivity (Wildman–Crippen MR) is 66.0 cm³/mol. The van der Waals surface area contributed by atoms with E-state index in [1.807, 2.05) is 6.07 Å². The Bertz CT molecular complexity index is 763. The van der Waals surface area contributed by atoms with Gasteiger partial charge in [-0.2, -0.15) is 5.26 Å². The third kappa shape index (κ3) is 2.83. The summed E-state index contributed by atoms with van der Waals surface area (Å²) in [5.41, 5.74) is 0.262. The van der Waals surface area contributed by atoms with Crippen molar-refractivity contribution in [1.29, 1.82) is 5.26 Å². The number of nitrogens with zero attached hydrogens (tertiary/aromatic N) is 3. The first-order valence-corrected chi connectivity index (χ1v) is 6.81. The average Bonchev–Trinajstić information content (AvgIpc) is 2.73. The molecule has 0 saturated heterocycles. The summed E-state index contributed by atoms with van der Waals surface area (Å²) >= 11 is 5.83. The number of hydrogen-bond acceptors (Lipinski definition) is 6. The molecule has 0 aliphatic rings. The summed E-state index contributed by atoms with van der Waals surface area (Å²) in [4.78, 5) is -0.177. The zero-order valence-electron chi connectivity index (χ0n) is 9.58. The summed E-state index contributed by atoms with van der Waals surface area (Å²) < 4.78 is 31.1. The van der Waals surface area contributed by atoms with Crippen molar-refractivity contribution in [2.45, 2.75) is 11.8 Å². The van der Waals surface area contributed by atoms with Gasteiger partial charge in [-0.25, -0.2) is 13.1 Å². The Kier molecular flexibility index (Phi) is 3.42. The van der Waals surface area contributed by atoms with E-state index in [4.69, 9.17) is 21.3 Å². The standard InChI is InChI=1S/C10H7ClN4O3S/c1-6-13-14-10(18-6)15-19(16,17)9-3-2-7(5-12)4-8(9)11/h2-4H,1H3,(H,14,15). The maximum absolute atomic E-state index is 12.0. The molecule has 1 aromatic carbocycles. The van der Waals surface area contributed by atoms with Crippen LogP contribution in [0.4, 0.5) is 6.01 Å². The van der Waals surface area contributed by atoms with Gasteiger partial charge in [0.1, 0.15) is 4.90 Å². The molecule has 9 heteroatoms. The first-order chi connectivity index (χ1) is 8.92. The summed E-state index contributed by atoms with van der Waals surface area (Å²) in [6, 6.07) is 5.44. The van der Waals surface area contributed by atoms with Gasteiger partial charge in [0.05, 0.1) is 16.7 Å². The number of anilines is 1. The Hall–Kier alpha value is -2.11. The van der Waals surface area contributed by atoms with Crippen molar-refractivity contribution in [2.75, 3.05) is 4.72 Å². The number of aromatic nitrogens is 2. The van der Waals surface area contributed by atoms with Crippen LogP contribution < -0.4 is 4.72 Å². The molecule has 0 aliphatic carbocycles. The smallest absolute Gasteiger partial charge is 0.329 e. The summed E-state index contributed by atoms with van der Waals surface area (Å²) in [6.45, 7) is 1.53. The number of hydrogen-bond donors (Lipinski definition) is 1. The highest BCUT2D eigenvalue weighted by Gasteiger charge is 2.20. The van der Waals surface area contributed by atoms with E-state index in [0.717, 1.165) is 0 Å². The zero-order valence-corrected chi connectivity index (χ0v) is 11.2. The van der Waals surface area contributed by atoms with Crippen LogP contribution in [-0.2, 0) is 10.0 Å². The van der Waals surface area contributed by atoms with Crippen LogP contribution in [-0.4, -0.2) is 18.6 Å². The number of halogens is 1. The lowest BCUT2D eigenvalue weighted by Crippen LogP contribution is -2.13. The summed E-state index contributed by atoms with van der Waals surface area (Å²) in [6.07, 6.45) is 0. The Morgan fingerprint density at radius 1 is 1.42 bits per heavy atom. The van der Waals surface area contributed by atoms with E-state index in [2.05, 4.69) is 14.9 Å². The molecule has 0 bridgehead atoms. The summed E-state index contributed by atoms with van der Waals surface area (Å²) in [5.74, 6) is 0.226. The maximum atomic E-state index is 12.0. The van der Waals surface area contributed by atoms with Crippen molar-refractivity contribution in [3.8, 4) is 6.07 Å². The Morgan fingerprint density at radius 3 is 2.68 bits per heavy atom. The lowest BCUT2D eigenvalue weighted by Gasteiger charge is -2.06. The molecule has 0 spiro atoms. The predicted octanol–water partition coefficient (Wildman–Crippen LogP) is 1.70. The first-order valence-electron chi connectivity index (χ1n) is 4.95. The Labute approximate surface area is 113 Å². The quantitative estimate of drug-likeness (QED) is 0.923. The number of sulfonamides is 1. The van der Waals surface area contributed by atoms with Crippen LogP contribution in [0.2, 0.25) is 5.02 Å².